The van der Waals surface area contributed by atoms with E-state index in [-0.39, 0.29) is 30.1 Å². The van der Waals surface area contributed by atoms with Crippen molar-refractivity contribution >= 4 is 23.5 Å². The molecule has 1 N–H and O–H groups in total. The number of halogens is 1. The smallest absolute Gasteiger partial charge is 0.330 e. The zero-order chi connectivity index (χ0) is 23.1. The van der Waals surface area contributed by atoms with Crippen LogP contribution in [0.2, 0.25) is 0 Å². The molecule has 5 rings (SSSR count). The number of carbonyl (C=O) groups is 1. The summed E-state index contributed by atoms with van der Waals surface area (Å²) >= 11 is 0. The van der Waals surface area contributed by atoms with Crippen LogP contribution in [0, 0.1) is 5.82 Å². The average Bonchev–Trinajstić information content (AvgIpc) is 3.64. The molecule has 0 spiro atoms. The number of anilines is 3. The van der Waals surface area contributed by atoms with Crippen LogP contribution in [0.3, 0.4) is 0 Å². The normalized spacial score (nSPS) is 23.0. The maximum Gasteiger partial charge on any atom is 0.330 e. The summed E-state index contributed by atoms with van der Waals surface area (Å²) in [4.78, 5) is 28.3. The number of urea groups is 1. The summed E-state index contributed by atoms with van der Waals surface area (Å²) in [5.41, 5.74) is 1.01. The molecule has 2 fully saturated rings. The SMILES string of the molecule is COc1cccc(N2Cc3cnc(NC4CCC(N(C)C)CC4)nc3N(C3CC3)C2=O)c1F. The highest BCUT2D eigenvalue weighted by Crippen LogP contribution is 2.40. The van der Waals surface area contributed by atoms with Gasteiger partial charge >= 0.3 is 6.03 Å². The Morgan fingerprint density at radius 2 is 1.91 bits per heavy atom. The first kappa shape index (κ1) is 21.9. The zero-order valence-electron chi connectivity index (χ0n) is 19.4. The van der Waals surface area contributed by atoms with E-state index >= 15 is 0 Å². The fourth-order valence-electron chi connectivity index (χ4n) is 4.88. The van der Waals surface area contributed by atoms with Crippen LogP contribution in [0.25, 0.3) is 0 Å². The van der Waals surface area contributed by atoms with Crippen LogP contribution in [0.4, 0.5) is 26.6 Å². The van der Waals surface area contributed by atoms with Crippen molar-refractivity contribution in [3.8, 4) is 5.75 Å². The largest absolute Gasteiger partial charge is 0.494 e. The summed E-state index contributed by atoms with van der Waals surface area (Å²) in [5.74, 6) is 0.770. The molecule has 1 aromatic carbocycles. The van der Waals surface area contributed by atoms with E-state index in [2.05, 4.69) is 29.3 Å². The molecule has 2 saturated carbocycles. The topological polar surface area (TPSA) is 73.8 Å². The third-order valence-electron chi connectivity index (χ3n) is 6.96. The highest BCUT2D eigenvalue weighted by Gasteiger charge is 2.42. The number of fused-ring (bicyclic) bond motifs is 1. The van der Waals surface area contributed by atoms with Crippen LogP contribution >= 0.6 is 0 Å². The standard InChI is InChI=1S/C24H31FN6O2/c1-29(2)17-9-7-16(8-10-17)27-23-26-13-15-14-30(19-5-4-6-20(33-3)21(19)25)24(32)31(18-11-12-18)22(15)28-23/h4-6,13,16-18H,7-12,14H2,1-3H3,(H,26,27,28). The number of hydrogen-bond donors (Lipinski definition) is 1. The summed E-state index contributed by atoms with van der Waals surface area (Å²) in [7, 11) is 5.69. The lowest BCUT2D eigenvalue weighted by Gasteiger charge is -2.37. The second kappa shape index (κ2) is 8.78. The highest BCUT2D eigenvalue weighted by molar-refractivity contribution is 6.06. The summed E-state index contributed by atoms with van der Waals surface area (Å²) in [6.07, 6.45) is 8.02. The van der Waals surface area contributed by atoms with Crippen LogP contribution < -0.4 is 19.9 Å². The van der Waals surface area contributed by atoms with E-state index in [9.17, 15) is 9.18 Å². The zero-order valence-corrected chi connectivity index (χ0v) is 19.4. The molecule has 2 aliphatic carbocycles. The van der Waals surface area contributed by atoms with E-state index in [1.165, 1.54) is 12.0 Å². The quantitative estimate of drug-likeness (QED) is 0.711. The van der Waals surface area contributed by atoms with Gasteiger partial charge in [0.15, 0.2) is 11.6 Å². The molecular formula is C24H31FN6O2. The molecule has 0 bridgehead atoms. The maximum atomic E-state index is 15.0. The molecule has 2 amide bonds. The Kier molecular flexibility index (Phi) is 5.82. The lowest BCUT2D eigenvalue weighted by atomic mass is 9.91. The van der Waals surface area contributed by atoms with Gasteiger partial charge < -0.3 is 15.0 Å². The van der Waals surface area contributed by atoms with Crippen molar-refractivity contribution in [2.45, 2.75) is 63.2 Å². The van der Waals surface area contributed by atoms with Crippen molar-refractivity contribution in [1.29, 1.82) is 0 Å². The Labute approximate surface area is 193 Å². The Hall–Kier alpha value is -2.94. The van der Waals surface area contributed by atoms with Gasteiger partial charge in [-0.05, 0) is 64.8 Å². The lowest BCUT2D eigenvalue weighted by Crippen LogP contribution is -2.49. The first-order chi connectivity index (χ1) is 16.0. The number of benzene rings is 1. The molecule has 0 radical (unpaired) electrons. The van der Waals surface area contributed by atoms with Crippen LogP contribution in [-0.2, 0) is 6.54 Å². The molecule has 1 aromatic heterocycles. The number of rotatable bonds is 6. The molecule has 0 saturated heterocycles. The number of carbonyl (C=O) groups excluding carboxylic acids is 1. The highest BCUT2D eigenvalue weighted by atomic mass is 19.1. The molecule has 33 heavy (non-hydrogen) atoms. The lowest BCUT2D eigenvalue weighted by molar-refractivity contribution is 0.221. The minimum Gasteiger partial charge on any atom is -0.494 e. The van der Waals surface area contributed by atoms with Gasteiger partial charge in [0.1, 0.15) is 5.82 Å². The molecule has 9 heteroatoms. The van der Waals surface area contributed by atoms with Crippen LogP contribution in [-0.4, -0.2) is 60.2 Å². The second-order valence-electron chi connectivity index (χ2n) is 9.42. The third kappa shape index (κ3) is 4.21. The number of hydrogen-bond acceptors (Lipinski definition) is 6. The van der Waals surface area contributed by atoms with Gasteiger partial charge in [-0.25, -0.2) is 14.2 Å². The van der Waals surface area contributed by atoms with Crippen LogP contribution in [0.15, 0.2) is 24.4 Å². The van der Waals surface area contributed by atoms with Gasteiger partial charge in [-0.1, -0.05) is 6.07 Å². The van der Waals surface area contributed by atoms with E-state index in [1.807, 2.05) is 0 Å². The first-order valence-electron chi connectivity index (χ1n) is 11.7. The third-order valence-corrected chi connectivity index (χ3v) is 6.96. The number of amides is 2. The van der Waals surface area contributed by atoms with E-state index < -0.39 is 5.82 Å². The number of nitrogens with zero attached hydrogens (tertiary/aromatic N) is 5. The van der Waals surface area contributed by atoms with Crippen LogP contribution in [0.1, 0.15) is 44.1 Å². The molecule has 8 nitrogen and oxygen atoms in total. The van der Waals surface area contributed by atoms with Gasteiger partial charge in [0.05, 0.1) is 19.3 Å². The number of ether oxygens (including phenoxy) is 1. The van der Waals surface area contributed by atoms with Crippen molar-refractivity contribution < 1.29 is 13.9 Å². The number of nitrogens with one attached hydrogen (secondary N) is 1. The summed E-state index contributed by atoms with van der Waals surface area (Å²) in [5, 5.41) is 3.48. The van der Waals surface area contributed by atoms with E-state index in [4.69, 9.17) is 9.72 Å². The van der Waals surface area contributed by atoms with Crippen molar-refractivity contribution in [2.75, 3.05) is 36.3 Å². The van der Waals surface area contributed by atoms with E-state index in [1.54, 1.807) is 29.3 Å². The van der Waals surface area contributed by atoms with Gasteiger partial charge in [0, 0.05) is 29.9 Å². The number of methoxy groups -OCH3 is 1. The van der Waals surface area contributed by atoms with Crippen molar-refractivity contribution in [3.05, 3.63) is 35.8 Å². The molecule has 2 heterocycles. The van der Waals surface area contributed by atoms with Crippen molar-refractivity contribution in [1.82, 2.24) is 14.9 Å². The van der Waals surface area contributed by atoms with Gasteiger partial charge in [0.25, 0.3) is 0 Å². The minimum atomic E-state index is -0.542. The van der Waals surface area contributed by atoms with Crippen molar-refractivity contribution in [2.24, 2.45) is 0 Å². The predicted molar refractivity (Wildman–Crippen MR) is 125 cm³/mol. The van der Waals surface area contributed by atoms with Gasteiger partial charge in [0.2, 0.25) is 5.95 Å². The molecule has 2 aromatic rings. The fraction of sp³-hybridized carbons (Fsp3) is 0.542. The molecular weight excluding hydrogens is 423 g/mol. The molecule has 0 unspecified atom stereocenters. The Morgan fingerprint density at radius 3 is 2.58 bits per heavy atom. The van der Waals surface area contributed by atoms with Gasteiger partial charge in [-0.3, -0.25) is 9.80 Å². The Balaban J connectivity index is 1.39. The molecule has 176 valence electrons. The molecule has 3 aliphatic rings. The number of aromatic nitrogens is 2. The summed E-state index contributed by atoms with van der Waals surface area (Å²) in [6.45, 7) is 0.218. The van der Waals surface area contributed by atoms with E-state index in [0.717, 1.165) is 44.1 Å². The van der Waals surface area contributed by atoms with Gasteiger partial charge in [-0.15, -0.1) is 0 Å². The maximum absolute atomic E-state index is 15.0. The Bertz CT molecular complexity index is 1040. The predicted octanol–water partition coefficient (Wildman–Crippen LogP) is 4.02. The Morgan fingerprint density at radius 1 is 1.15 bits per heavy atom. The molecule has 0 atom stereocenters. The van der Waals surface area contributed by atoms with Crippen LogP contribution in [0.5, 0.6) is 5.75 Å². The average molecular weight is 455 g/mol. The van der Waals surface area contributed by atoms with Crippen molar-refractivity contribution in [3.63, 3.8) is 0 Å². The second-order valence-corrected chi connectivity index (χ2v) is 9.42. The monoisotopic (exact) mass is 454 g/mol. The fourth-order valence-corrected chi connectivity index (χ4v) is 4.88. The molecule has 1 aliphatic heterocycles. The summed E-state index contributed by atoms with van der Waals surface area (Å²) < 4.78 is 20.1. The summed E-state index contributed by atoms with van der Waals surface area (Å²) in [6, 6.07) is 5.63. The minimum absolute atomic E-state index is 0.0889. The van der Waals surface area contributed by atoms with E-state index in [0.29, 0.717) is 23.8 Å². The first-order valence-corrected chi connectivity index (χ1v) is 11.7. The van der Waals surface area contributed by atoms with Gasteiger partial charge in [-0.2, -0.15) is 4.98 Å².